The highest BCUT2D eigenvalue weighted by molar-refractivity contribution is 5.70. The molecule has 12 heavy (non-hydrogen) atoms. The first-order chi connectivity index (χ1) is 5.88. The number of aromatic nitrogens is 1. The maximum absolute atomic E-state index is 4.20. The van der Waals surface area contributed by atoms with Gasteiger partial charge in [-0.15, -0.1) is 0 Å². The molecule has 0 radical (unpaired) electrons. The molecule has 0 spiro atoms. The zero-order chi connectivity index (χ0) is 8.81. The summed E-state index contributed by atoms with van der Waals surface area (Å²) in [5.74, 6) is 0. The first-order valence-electron chi connectivity index (χ1n) is 3.81. The summed E-state index contributed by atoms with van der Waals surface area (Å²) in [6, 6.07) is 1.82. The van der Waals surface area contributed by atoms with E-state index in [2.05, 4.69) is 21.7 Å². The van der Waals surface area contributed by atoms with Gasteiger partial charge in [0.25, 0.3) is 0 Å². The number of hydrogen-bond acceptors (Lipinski definition) is 3. The lowest BCUT2D eigenvalue weighted by Gasteiger charge is -1.96. The number of aliphatic imine (C=N–C) groups is 2. The van der Waals surface area contributed by atoms with Crippen LogP contribution in [0.4, 0.5) is 11.4 Å². The van der Waals surface area contributed by atoms with Crippen molar-refractivity contribution in [2.75, 3.05) is 0 Å². The van der Waals surface area contributed by atoms with Crippen molar-refractivity contribution in [1.29, 1.82) is 0 Å². The fourth-order valence-corrected chi connectivity index (χ4v) is 0.799. The lowest BCUT2D eigenvalue weighted by atomic mass is 10.3. The molecule has 0 atom stereocenters. The fraction of sp³-hybridized carbons (Fsp3) is 0.222. The van der Waals surface area contributed by atoms with E-state index in [1.165, 1.54) is 0 Å². The molecular formula is C9H11N3. The number of pyridine rings is 1. The van der Waals surface area contributed by atoms with E-state index >= 15 is 0 Å². The van der Waals surface area contributed by atoms with Gasteiger partial charge >= 0.3 is 0 Å². The topological polar surface area (TPSA) is 37.6 Å². The Labute approximate surface area is 71.9 Å². The van der Waals surface area contributed by atoms with Gasteiger partial charge in [-0.1, -0.05) is 6.92 Å². The standard InChI is InChI=1S/C9H11N3/c1-3-5-12-8-4-6-11-7-9(8)10-2/h4-7H,2-3H2,1H3. The van der Waals surface area contributed by atoms with Crippen LogP contribution in [-0.4, -0.2) is 17.9 Å². The van der Waals surface area contributed by atoms with Gasteiger partial charge in [-0.25, -0.2) is 0 Å². The van der Waals surface area contributed by atoms with Gasteiger partial charge in [-0.3, -0.25) is 15.0 Å². The van der Waals surface area contributed by atoms with Crippen molar-refractivity contribution in [2.24, 2.45) is 9.98 Å². The quantitative estimate of drug-likeness (QED) is 0.627. The predicted molar refractivity (Wildman–Crippen MR) is 51.9 cm³/mol. The monoisotopic (exact) mass is 161 g/mol. The van der Waals surface area contributed by atoms with Crippen LogP contribution in [0.25, 0.3) is 0 Å². The lowest BCUT2D eigenvalue weighted by Crippen LogP contribution is -1.73. The minimum absolute atomic E-state index is 0.724. The van der Waals surface area contributed by atoms with E-state index in [4.69, 9.17) is 0 Å². The van der Waals surface area contributed by atoms with E-state index in [9.17, 15) is 0 Å². The second-order valence-corrected chi connectivity index (χ2v) is 2.24. The summed E-state index contributed by atoms with van der Waals surface area (Å²) in [7, 11) is 0. The van der Waals surface area contributed by atoms with Gasteiger partial charge in [-0.2, -0.15) is 0 Å². The van der Waals surface area contributed by atoms with Crippen LogP contribution >= 0.6 is 0 Å². The molecule has 3 heteroatoms. The Morgan fingerprint density at radius 1 is 1.58 bits per heavy atom. The molecule has 0 aliphatic rings. The number of nitrogens with zero attached hydrogens (tertiary/aromatic N) is 3. The van der Waals surface area contributed by atoms with E-state index in [-0.39, 0.29) is 0 Å². The van der Waals surface area contributed by atoms with Crippen molar-refractivity contribution in [3.63, 3.8) is 0 Å². The van der Waals surface area contributed by atoms with E-state index in [1.807, 2.05) is 19.2 Å². The highest BCUT2D eigenvalue weighted by atomic mass is 14.8. The first kappa shape index (κ1) is 8.59. The Balaban J connectivity index is 2.96. The maximum Gasteiger partial charge on any atom is 0.106 e. The molecule has 0 saturated heterocycles. The Hall–Kier alpha value is -1.51. The summed E-state index contributed by atoms with van der Waals surface area (Å²) < 4.78 is 0. The smallest absolute Gasteiger partial charge is 0.106 e. The van der Waals surface area contributed by atoms with E-state index < -0.39 is 0 Å². The van der Waals surface area contributed by atoms with Gasteiger partial charge in [0.15, 0.2) is 0 Å². The highest BCUT2D eigenvalue weighted by Crippen LogP contribution is 2.24. The van der Waals surface area contributed by atoms with Gasteiger partial charge in [0.05, 0.1) is 11.9 Å². The predicted octanol–water partition coefficient (Wildman–Crippen LogP) is 2.53. The molecule has 0 aliphatic heterocycles. The van der Waals surface area contributed by atoms with Crippen molar-refractivity contribution in [1.82, 2.24) is 4.98 Å². The molecule has 0 aromatic carbocycles. The minimum Gasteiger partial charge on any atom is -0.262 e. The molecule has 0 fully saturated rings. The first-order valence-corrected chi connectivity index (χ1v) is 3.81. The molecular weight excluding hydrogens is 150 g/mol. The van der Waals surface area contributed by atoms with Crippen LogP contribution in [0.5, 0.6) is 0 Å². The molecule has 0 N–H and O–H groups in total. The van der Waals surface area contributed by atoms with Crippen LogP contribution in [0.3, 0.4) is 0 Å². The van der Waals surface area contributed by atoms with Gasteiger partial charge in [0.1, 0.15) is 5.69 Å². The maximum atomic E-state index is 4.20. The van der Waals surface area contributed by atoms with E-state index in [0.717, 1.165) is 17.8 Å². The largest absolute Gasteiger partial charge is 0.262 e. The molecule has 1 rings (SSSR count). The van der Waals surface area contributed by atoms with Crippen LogP contribution < -0.4 is 0 Å². The average molecular weight is 161 g/mol. The van der Waals surface area contributed by atoms with Gasteiger partial charge in [0, 0.05) is 12.4 Å². The summed E-state index contributed by atoms with van der Waals surface area (Å²) in [4.78, 5) is 11.9. The fourth-order valence-electron chi connectivity index (χ4n) is 0.799. The van der Waals surface area contributed by atoms with Crippen molar-refractivity contribution in [2.45, 2.75) is 13.3 Å². The van der Waals surface area contributed by atoms with E-state index in [1.54, 1.807) is 12.4 Å². The van der Waals surface area contributed by atoms with Crippen LogP contribution in [0, 0.1) is 0 Å². The Bertz CT molecular complexity index is 292. The summed E-state index contributed by atoms with van der Waals surface area (Å²) >= 11 is 0. The van der Waals surface area contributed by atoms with Crippen LogP contribution in [0.2, 0.25) is 0 Å². The van der Waals surface area contributed by atoms with Crippen molar-refractivity contribution >= 4 is 24.3 Å². The van der Waals surface area contributed by atoms with Gasteiger partial charge in [-0.05, 0) is 19.2 Å². The third-order valence-electron chi connectivity index (χ3n) is 1.36. The summed E-state index contributed by atoms with van der Waals surface area (Å²) in [6.45, 7) is 5.47. The molecule has 62 valence electrons. The second kappa shape index (κ2) is 4.38. The minimum atomic E-state index is 0.724. The second-order valence-electron chi connectivity index (χ2n) is 2.24. The van der Waals surface area contributed by atoms with Crippen LogP contribution in [0.1, 0.15) is 13.3 Å². The molecule has 1 aromatic heterocycles. The summed E-state index contributed by atoms with van der Waals surface area (Å²) in [6.07, 6.45) is 6.09. The molecule has 0 bridgehead atoms. The van der Waals surface area contributed by atoms with Gasteiger partial charge < -0.3 is 0 Å². The molecule has 0 amide bonds. The highest BCUT2D eigenvalue weighted by Gasteiger charge is 1.94. The average Bonchev–Trinajstić information content (AvgIpc) is 2.15. The van der Waals surface area contributed by atoms with E-state index in [0.29, 0.717) is 0 Å². The molecule has 1 aromatic rings. The third kappa shape index (κ3) is 1.99. The number of hydrogen-bond donors (Lipinski definition) is 0. The Morgan fingerprint density at radius 2 is 2.42 bits per heavy atom. The number of rotatable bonds is 3. The molecule has 3 nitrogen and oxygen atoms in total. The van der Waals surface area contributed by atoms with Crippen molar-refractivity contribution < 1.29 is 0 Å². The molecule has 0 unspecified atom stereocenters. The van der Waals surface area contributed by atoms with Crippen LogP contribution in [-0.2, 0) is 0 Å². The molecule has 0 saturated carbocycles. The summed E-state index contributed by atoms with van der Waals surface area (Å²) in [5.41, 5.74) is 1.55. The van der Waals surface area contributed by atoms with Gasteiger partial charge in [0.2, 0.25) is 0 Å². The summed E-state index contributed by atoms with van der Waals surface area (Å²) in [5, 5.41) is 0. The van der Waals surface area contributed by atoms with Crippen LogP contribution in [0.15, 0.2) is 28.4 Å². The molecule has 1 heterocycles. The Kier molecular flexibility index (Phi) is 3.14. The Morgan fingerprint density at radius 3 is 3.08 bits per heavy atom. The van der Waals surface area contributed by atoms with Crippen molar-refractivity contribution in [3.8, 4) is 0 Å². The zero-order valence-electron chi connectivity index (χ0n) is 7.07. The SMILES string of the molecule is C=Nc1cnccc1N=CCC. The van der Waals surface area contributed by atoms with Crippen molar-refractivity contribution in [3.05, 3.63) is 18.5 Å². The zero-order valence-corrected chi connectivity index (χ0v) is 7.07. The molecule has 0 aliphatic carbocycles. The lowest BCUT2D eigenvalue weighted by molar-refractivity contribution is 1.28. The third-order valence-corrected chi connectivity index (χ3v) is 1.36. The normalized spacial score (nSPS) is 10.4.